The first-order valence-electron chi connectivity index (χ1n) is 6.55. The summed E-state index contributed by atoms with van der Waals surface area (Å²) in [4.78, 5) is 11.7. The zero-order valence-electron chi connectivity index (χ0n) is 12.0. The van der Waals surface area contributed by atoms with Crippen LogP contribution < -0.4 is 10.6 Å². The molecule has 0 atom stereocenters. The zero-order chi connectivity index (χ0) is 15.2. The maximum Gasteiger partial charge on any atom is 0.225 e. The monoisotopic (exact) mass is 406 g/mol. The quantitative estimate of drug-likeness (QED) is 0.637. The van der Waals surface area contributed by atoms with Crippen LogP contribution in [-0.2, 0) is 4.79 Å². The highest BCUT2D eigenvalue weighted by molar-refractivity contribution is 9.10. The number of amides is 1. The van der Waals surface area contributed by atoms with Gasteiger partial charge < -0.3 is 10.6 Å². The first-order chi connectivity index (χ1) is 10.1. The number of aromatic amines is 1. The number of nitrogens with one attached hydrogen (secondary N) is 3. The van der Waals surface area contributed by atoms with Gasteiger partial charge in [0, 0.05) is 22.5 Å². The third-order valence-electron chi connectivity index (χ3n) is 2.89. The molecule has 0 radical (unpaired) electrons. The van der Waals surface area contributed by atoms with Crippen molar-refractivity contribution < 1.29 is 4.79 Å². The number of halogens is 3. The van der Waals surface area contributed by atoms with Gasteiger partial charge in [-0.2, -0.15) is 5.10 Å². The van der Waals surface area contributed by atoms with Crippen molar-refractivity contribution in [1.29, 1.82) is 0 Å². The summed E-state index contributed by atoms with van der Waals surface area (Å²) in [6.07, 6.45) is 1.25. The number of nitrogens with zero attached hydrogens (tertiary/aromatic N) is 1. The summed E-state index contributed by atoms with van der Waals surface area (Å²) in [5, 5.41) is 13.3. The molecule has 0 aliphatic rings. The van der Waals surface area contributed by atoms with E-state index in [-0.39, 0.29) is 18.3 Å². The van der Waals surface area contributed by atoms with Crippen LogP contribution in [0.15, 0.2) is 28.7 Å². The number of carbonyl (C=O) groups is 1. The van der Waals surface area contributed by atoms with Crippen LogP contribution in [-0.4, -0.2) is 29.7 Å². The minimum Gasteiger partial charge on any atom is -0.320 e. The summed E-state index contributed by atoms with van der Waals surface area (Å²) in [5.41, 5.74) is 1.58. The van der Waals surface area contributed by atoms with Crippen LogP contribution in [0.1, 0.15) is 12.8 Å². The number of hydrogen-bond donors (Lipinski definition) is 3. The van der Waals surface area contributed by atoms with Crippen LogP contribution in [0.4, 0.5) is 5.82 Å². The van der Waals surface area contributed by atoms with Gasteiger partial charge in [0.15, 0.2) is 5.82 Å². The maximum atomic E-state index is 11.7. The summed E-state index contributed by atoms with van der Waals surface area (Å²) in [7, 11) is 1.86. The zero-order valence-corrected chi connectivity index (χ0v) is 15.1. The van der Waals surface area contributed by atoms with Gasteiger partial charge in [0.1, 0.15) is 0 Å². The molecule has 120 valence electrons. The molecule has 1 heterocycles. The molecule has 3 N–H and O–H groups in total. The van der Waals surface area contributed by atoms with Gasteiger partial charge in [0.25, 0.3) is 0 Å². The highest BCUT2D eigenvalue weighted by atomic mass is 79.9. The van der Waals surface area contributed by atoms with E-state index < -0.39 is 0 Å². The van der Waals surface area contributed by atoms with E-state index in [1.807, 2.05) is 19.2 Å². The lowest BCUT2D eigenvalue weighted by molar-refractivity contribution is -0.116. The fourth-order valence-electron chi connectivity index (χ4n) is 1.86. The summed E-state index contributed by atoms with van der Waals surface area (Å²) >= 11 is 9.57. The van der Waals surface area contributed by atoms with Crippen molar-refractivity contribution in [2.45, 2.75) is 12.8 Å². The SMILES string of the molecule is CNCCCC(=O)Nc1cc(-c2cc(Br)ccc2Cl)[nH]n1.Cl. The Bertz CT molecular complexity index is 633. The van der Waals surface area contributed by atoms with Gasteiger partial charge in [-0.1, -0.05) is 27.5 Å². The lowest BCUT2D eigenvalue weighted by Gasteiger charge is -2.02. The lowest BCUT2D eigenvalue weighted by atomic mass is 10.1. The third-order valence-corrected chi connectivity index (χ3v) is 3.72. The van der Waals surface area contributed by atoms with Gasteiger partial charge in [-0.15, -0.1) is 12.4 Å². The smallest absolute Gasteiger partial charge is 0.225 e. The van der Waals surface area contributed by atoms with E-state index in [9.17, 15) is 4.79 Å². The second-order valence-electron chi connectivity index (χ2n) is 4.55. The van der Waals surface area contributed by atoms with Crippen LogP contribution in [0.2, 0.25) is 5.02 Å². The number of carbonyl (C=O) groups excluding carboxylic acids is 1. The molecule has 1 aromatic heterocycles. The predicted octanol–water partition coefficient (Wildman–Crippen LogP) is 3.85. The summed E-state index contributed by atoms with van der Waals surface area (Å²) in [6.45, 7) is 0.812. The van der Waals surface area contributed by atoms with Crippen LogP contribution in [0.25, 0.3) is 11.3 Å². The third kappa shape index (κ3) is 5.28. The summed E-state index contributed by atoms with van der Waals surface area (Å²) in [6, 6.07) is 7.34. The van der Waals surface area contributed by atoms with Gasteiger partial charge in [-0.05, 0) is 38.2 Å². The molecule has 22 heavy (non-hydrogen) atoms. The molecule has 1 aromatic carbocycles. The van der Waals surface area contributed by atoms with Gasteiger partial charge in [0.05, 0.1) is 10.7 Å². The number of rotatable bonds is 6. The second kappa shape index (κ2) is 9.15. The van der Waals surface area contributed by atoms with Crippen molar-refractivity contribution in [1.82, 2.24) is 15.5 Å². The molecule has 8 heteroatoms. The molecule has 0 unspecified atom stereocenters. The Morgan fingerprint density at radius 3 is 2.91 bits per heavy atom. The van der Waals surface area contributed by atoms with E-state index in [0.717, 1.165) is 28.7 Å². The predicted molar refractivity (Wildman–Crippen MR) is 95.8 cm³/mol. The summed E-state index contributed by atoms with van der Waals surface area (Å²) in [5.74, 6) is 0.444. The summed E-state index contributed by atoms with van der Waals surface area (Å²) < 4.78 is 0.925. The van der Waals surface area contributed by atoms with Crippen molar-refractivity contribution >= 4 is 51.7 Å². The molecule has 1 amide bonds. The van der Waals surface area contributed by atoms with Crippen LogP contribution >= 0.6 is 39.9 Å². The fourth-order valence-corrected chi connectivity index (χ4v) is 2.44. The largest absolute Gasteiger partial charge is 0.320 e. The minimum atomic E-state index is -0.0522. The van der Waals surface area contributed by atoms with Crippen molar-refractivity contribution in [2.24, 2.45) is 0 Å². The molecular formula is C14H17BrCl2N4O. The van der Waals surface area contributed by atoms with E-state index in [1.165, 1.54) is 0 Å². The molecule has 2 rings (SSSR count). The molecule has 0 bridgehead atoms. The number of aromatic nitrogens is 2. The Hall–Kier alpha value is -1.08. The van der Waals surface area contributed by atoms with E-state index in [0.29, 0.717) is 17.3 Å². The van der Waals surface area contributed by atoms with Crippen LogP contribution in [0.5, 0.6) is 0 Å². The van der Waals surface area contributed by atoms with Crippen LogP contribution in [0, 0.1) is 0 Å². The van der Waals surface area contributed by atoms with Crippen molar-refractivity contribution in [3.63, 3.8) is 0 Å². The average molecular weight is 408 g/mol. The van der Waals surface area contributed by atoms with Crippen molar-refractivity contribution in [3.8, 4) is 11.3 Å². The van der Waals surface area contributed by atoms with Crippen molar-refractivity contribution in [2.75, 3.05) is 18.9 Å². The highest BCUT2D eigenvalue weighted by Crippen LogP contribution is 2.30. The lowest BCUT2D eigenvalue weighted by Crippen LogP contribution is -2.15. The number of hydrogen-bond acceptors (Lipinski definition) is 3. The van der Waals surface area contributed by atoms with E-state index >= 15 is 0 Å². The molecule has 0 spiro atoms. The molecule has 0 aliphatic carbocycles. The second-order valence-corrected chi connectivity index (χ2v) is 5.87. The number of benzene rings is 1. The normalized spacial score (nSPS) is 10.1. The molecule has 5 nitrogen and oxygen atoms in total. The Morgan fingerprint density at radius 2 is 2.18 bits per heavy atom. The fraction of sp³-hybridized carbons (Fsp3) is 0.286. The molecular weight excluding hydrogens is 391 g/mol. The molecule has 0 aliphatic heterocycles. The Kier molecular flexibility index (Phi) is 7.89. The number of anilines is 1. The molecule has 2 aromatic rings. The number of H-pyrrole nitrogens is 1. The minimum absolute atomic E-state index is 0. The molecule has 0 saturated heterocycles. The van der Waals surface area contributed by atoms with Gasteiger partial charge in [-0.25, -0.2) is 0 Å². The Morgan fingerprint density at radius 1 is 1.41 bits per heavy atom. The Balaban J connectivity index is 0.00000242. The van der Waals surface area contributed by atoms with Crippen molar-refractivity contribution in [3.05, 3.63) is 33.8 Å². The van der Waals surface area contributed by atoms with E-state index in [4.69, 9.17) is 11.6 Å². The topological polar surface area (TPSA) is 69.8 Å². The van der Waals surface area contributed by atoms with E-state index in [1.54, 1.807) is 12.1 Å². The van der Waals surface area contributed by atoms with Gasteiger partial charge in [-0.3, -0.25) is 9.89 Å². The van der Waals surface area contributed by atoms with E-state index in [2.05, 4.69) is 36.8 Å². The highest BCUT2D eigenvalue weighted by Gasteiger charge is 2.10. The van der Waals surface area contributed by atoms with Crippen LogP contribution in [0.3, 0.4) is 0 Å². The molecule has 0 fully saturated rings. The first kappa shape index (κ1) is 19.0. The van der Waals surface area contributed by atoms with Gasteiger partial charge in [0.2, 0.25) is 5.91 Å². The maximum absolute atomic E-state index is 11.7. The average Bonchev–Trinajstić information content (AvgIpc) is 2.90. The van der Waals surface area contributed by atoms with Gasteiger partial charge >= 0.3 is 0 Å². The Labute approximate surface area is 148 Å². The molecule has 0 saturated carbocycles. The standard InChI is InChI=1S/C14H16BrClN4O.ClH/c1-17-6-2-3-14(21)18-13-8-12(19-20-13)10-7-9(15)4-5-11(10)16;/h4-5,7-8,17H,2-3,6H2,1H3,(H2,18,19,20,21);1H. The first-order valence-corrected chi connectivity index (χ1v) is 7.72.